The van der Waals surface area contributed by atoms with Crippen LogP contribution in [0.15, 0.2) is 28.7 Å². The summed E-state index contributed by atoms with van der Waals surface area (Å²) in [4.78, 5) is 0. The molecule has 2 aromatic rings. The molecule has 1 aliphatic rings. The minimum Gasteiger partial charge on any atom is -0.316 e. The molecule has 0 amide bonds. The van der Waals surface area contributed by atoms with Gasteiger partial charge >= 0.3 is 0 Å². The number of hydrogen-bond donors (Lipinski definition) is 2. The topological polar surface area (TPSA) is 40.7 Å². The summed E-state index contributed by atoms with van der Waals surface area (Å²) >= 11 is 3.49. The van der Waals surface area contributed by atoms with Crippen LogP contribution in [-0.2, 0) is 0 Å². The van der Waals surface area contributed by atoms with Crippen molar-refractivity contribution < 1.29 is 0 Å². The summed E-state index contributed by atoms with van der Waals surface area (Å²) in [7, 11) is 0. The van der Waals surface area contributed by atoms with E-state index in [0.717, 1.165) is 23.3 Å². The van der Waals surface area contributed by atoms with Crippen molar-refractivity contribution in [2.45, 2.75) is 25.7 Å². The van der Waals surface area contributed by atoms with Gasteiger partial charge in [-0.2, -0.15) is 5.10 Å². The zero-order chi connectivity index (χ0) is 13.2. The second kappa shape index (κ2) is 5.47. The van der Waals surface area contributed by atoms with E-state index in [1.54, 1.807) is 0 Å². The van der Waals surface area contributed by atoms with Crippen LogP contribution in [0.1, 0.15) is 30.1 Å². The Hall–Kier alpha value is -1.13. The predicted octanol–water partition coefficient (Wildman–Crippen LogP) is 3.61. The summed E-state index contributed by atoms with van der Waals surface area (Å²) in [6.45, 7) is 4.27. The smallest absolute Gasteiger partial charge is 0.0746 e. The number of piperidine rings is 1. The van der Waals surface area contributed by atoms with Crippen LogP contribution in [0, 0.1) is 6.92 Å². The molecule has 100 valence electrons. The Labute approximate surface area is 121 Å². The summed E-state index contributed by atoms with van der Waals surface area (Å²) in [6, 6.07) is 8.48. The predicted molar refractivity (Wildman–Crippen MR) is 81.3 cm³/mol. The van der Waals surface area contributed by atoms with Crippen LogP contribution < -0.4 is 5.32 Å². The average Bonchev–Trinajstić information content (AvgIpc) is 2.83. The first-order valence-corrected chi connectivity index (χ1v) is 7.56. The Morgan fingerprint density at radius 2 is 2.05 bits per heavy atom. The van der Waals surface area contributed by atoms with Gasteiger partial charge in [0.2, 0.25) is 0 Å². The van der Waals surface area contributed by atoms with Crippen molar-refractivity contribution in [3.8, 4) is 11.1 Å². The Balaban J connectivity index is 2.00. The normalized spacial score (nSPS) is 19.6. The number of hydrogen-bond acceptors (Lipinski definition) is 2. The highest BCUT2D eigenvalue weighted by molar-refractivity contribution is 9.10. The lowest BCUT2D eigenvalue weighted by molar-refractivity contribution is 0.455. The summed E-state index contributed by atoms with van der Waals surface area (Å²) in [5.41, 5.74) is 4.89. The monoisotopic (exact) mass is 319 g/mol. The van der Waals surface area contributed by atoms with Gasteiger partial charge in [0.25, 0.3) is 0 Å². The van der Waals surface area contributed by atoms with Crippen LogP contribution in [0.5, 0.6) is 0 Å². The van der Waals surface area contributed by atoms with Gasteiger partial charge in [0.05, 0.1) is 5.69 Å². The lowest BCUT2D eigenvalue weighted by Crippen LogP contribution is -2.28. The molecule has 1 aromatic heterocycles. The van der Waals surface area contributed by atoms with Crippen LogP contribution in [0.25, 0.3) is 11.1 Å². The fourth-order valence-electron chi connectivity index (χ4n) is 2.81. The standard InChI is InChI=1S/C15H18BrN3/c1-10-14(11-4-6-13(16)7-5-11)15(19-18-10)12-3-2-8-17-9-12/h4-7,12,17H,2-3,8-9H2,1H3,(H,18,19). The largest absolute Gasteiger partial charge is 0.316 e. The van der Waals surface area contributed by atoms with Crippen LogP contribution in [0.4, 0.5) is 0 Å². The summed E-state index contributed by atoms with van der Waals surface area (Å²) in [5.74, 6) is 0.525. The van der Waals surface area contributed by atoms with Gasteiger partial charge in [-0.25, -0.2) is 0 Å². The fraction of sp³-hybridized carbons (Fsp3) is 0.400. The molecule has 2 N–H and O–H groups in total. The molecule has 0 radical (unpaired) electrons. The van der Waals surface area contributed by atoms with E-state index in [2.05, 4.69) is 62.6 Å². The van der Waals surface area contributed by atoms with Crippen molar-refractivity contribution in [3.05, 3.63) is 40.1 Å². The van der Waals surface area contributed by atoms with E-state index in [-0.39, 0.29) is 0 Å². The Kier molecular flexibility index (Phi) is 3.71. The van der Waals surface area contributed by atoms with Crippen molar-refractivity contribution >= 4 is 15.9 Å². The molecule has 0 saturated carbocycles. The van der Waals surface area contributed by atoms with Gasteiger partial charge in [-0.3, -0.25) is 5.10 Å². The first-order chi connectivity index (χ1) is 9.25. The molecule has 4 heteroatoms. The van der Waals surface area contributed by atoms with Gasteiger partial charge in [-0.15, -0.1) is 0 Å². The second-order valence-electron chi connectivity index (χ2n) is 5.16. The molecular formula is C15H18BrN3. The maximum atomic E-state index is 4.56. The minimum absolute atomic E-state index is 0.525. The molecule has 0 spiro atoms. The van der Waals surface area contributed by atoms with Gasteiger partial charge < -0.3 is 5.32 Å². The number of nitrogens with zero attached hydrogens (tertiary/aromatic N) is 1. The van der Waals surface area contributed by atoms with E-state index in [4.69, 9.17) is 0 Å². The number of nitrogens with one attached hydrogen (secondary N) is 2. The van der Waals surface area contributed by atoms with Crippen LogP contribution >= 0.6 is 15.9 Å². The van der Waals surface area contributed by atoms with E-state index >= 15 is 0 Å². The van der Waals surface area contributed by atoms with Crippen molar-refractivity contribution in [2.24, 2.45) is 0 Å². The number of benzene rings is 1. The van der Waals surface area contributed by atoms with Gasteiger partial charge in [0, 0.05) is 28.2 Å². The molecule has 1 fully saturated rings. The van der Waals surface area contributed by atoms with E-state index in [1.165, 1.54) is 29.7 Å². The number of H-pyrrole nitrogens is 1. The lowest BCUT2D eigenvalue weighted by atomic mass is 9.90. The van der Waals surface area contributed by atoms with Gasteiger partial charge in [-0.05, 0) is 44.0 Å². The molecule has 1 saturated heterocycles. The molecule has 0 aliphatic carbocycles. The van der Waals surface area contributed by atoms with Crippen molar-refractivity contribution in [1.82, 2.24) is 15.5 Å². The molecule has 19 heavy (non-hydrogen) atoms. The first kappa shape index (κ1) is 12.9. The third-order valence-electron chi connectivity index (χ3n) is 3.79. The molecule has 3 nitrogen and oxygen atoms in total. The highest BCUT2D eigenvalue weighted by atomic mass is 79.9. The maximum Gasteiger partial charge on any atom is 0.0746 e. The third-order valence-corrected chi connectivity index (χ3v) is 4.32. The van der Waals surface area contributed by atoms with Gasteiger partial charge in [-0.1, -0.05) is 28.1 Å². The zero-order valence-corrected chi connectivity index (χ0v) is 12.6. The van der Waals surface area contributed by atoms with E-state index < -0.39 is 0 Å². The Bertz CT molecular complexity index is 553. The average molecular weight is 320 g/mol. The van der Waals surface area contributed by atoms with E-state index in [9.17, 15) is 0 Å². The maximum absolute atomic E-state index is 4.56. The summed E-state index contributed by atoms with van der Waals surface area (Å²) in [6.07, 6.45) is 2.46. The number of halogens is 1. The third kappa shape index (κ3) is 2.60. The van der Waals surface area contributed by atoms with Crippen molar-refractivity contribution in [1.29, 1.82) is 0 Å². The van der Waals surface area contributed by atoms with Crippen LogP contribution in [-0.4, -0.2) is 23.3 Å². The van der Waals surface area contributed by atoms with Crippen LogP contribution in [0.3, 0.4) is 0 Å². The zero-order valence-electron chi connectivity index (χ0n) is 11.0. The molecule has 1 atom stereocenters. The molecule has 2 heterocycles. The van der Waals surface area contributed by atoms with E-state index in [0.29, 0.717) is 5.92 Å². The van der Waals surface area contributed by atoms with Crippen molar-refractivity contribution in [3.63, 3.8) is 0 Å². The number of aromatic nitrogens is 2. The summed E-state index contributed by atoms with van der Waals surface area (Å²) in [5, 5.41) is 11.2. The highest BCUT2D eigenvalue weighted by Gasteiger charge is 2.22. The highest BCUT2D eigenvalue weighted by Crippen LogP contribution is 2.33. The molecule has 1 unspecified atom stereocenters. The molecular weight excluding hydrogens is 302 g/mol. The van der Waals surface area contributed by atoms with E-state index in [1.807, 2.05) is 0 Å². The fourth-order valence-corrected chi connectivity index (χ4v) is 3.07. The number of aromatic amines is 1. The van der Waals surface area contributed by atoms with Gasteiger partial charge in [0.15, 0.2) is 0 Å². The Morgan fingerprint density at radius 1 is 1.26 bits per heavy atom. The number of aryl methyl sites for hydroxylation is 1. The molecule has 1 aromatic carbocycles. The first-order valence-electron chi connectivity index (χ1n) is 6.77. The lowest BCUT2D eigenvalue weighted by Gasteiger charge is -2.22. The molecule has 0 bridgehead atoms. The number of rotatable bonds is 2. The van der Waals surface area contributed by atoms with Crippen molar-refractivity contribution in [2.75, 3.05) is 13.1 Å². The second-order valence-corrected chi connectivity index (χ2v) is 6.07. The SMILES string of the molecule is Cc1[nH]nc(C2CCCNC2)c1-c1ccc(Br)cc1. The Morgan fingerprint density at radius 3 is 2.74 bits per heavy atom. The minimum atomic E-state index is 0.525. The molecule has 1 aliphatic heterocycles. The van der Waals surface area contributed by atoms with Crippen LogP contribution in [0.2, 0.25) is 0 Å². The van der Waals surface area contributed by atoms with Gasteiger partial charge in [0.1, 0.15) is 0 Å². The summed E-state index contributed by atoms with van der Waals surface area (Å²) < 4.78 is 1.11. The quantitative estimate of drug-likeness (QED) is 0.887. The molecule has 3 rings (SSSR count).